The number of nitrogens with zero attached hydrogens (tertiary/aromatic N) is 1. The molecule has 1 heterocycles. The van der Waals surface area contributed by atoms with Crippen molar-refractivity contribution in [3.05, 3.63) is 41.8 Å². The molecule has 0 saturated heterocycles. The summed E-state index contributed by atoms with van der Waals surface area (Å²) in [5.74, 6) is 2.36. The van der Waals surface area contributed by atoms with E-state index in [1.54, 1.807) is 12.1 Å². The first-order valence-electron chi connectivity index (χ1n) is 10.6. The molecule has 2 fully saturated rings. The van der Waals surface area contributed by atoms with Crippen molar-refractivity contribution in [3.63, 3.8) is 0 Å². The monoisotopic (exact) mass is 382 g/mol. The highest BCUT2D eigenvalue weighted by molar-refractivity contribution is 5.82. The second-order valence-corrected chi connectivity index (χ2v) is 10.0. The Morgan fingerprint density at radius 1 is 1.14 bits per heavy atom. The maximum absolute atomic E-state index is 13.8. The molecule has 2 saturated carbocycles. The van der Waals surface area contributed by atoms with Crippen LogP contribution >= 0.6 is 0 Å². The Kier molecular flexibility index (Phi) is 4.93. The number of aromatic nitrogens is 1. The number of nitrogens with one attached hydrogen (secondary N) is 1. The van der Waals surface area contributed by atoms with Crippen LogP contribution in [0.15, 0.2) is 30.5 Å². The van der Waals surface area contributed by atoms with Gasteiger partial charge in [-0.15, -0.1) is 0 Å². The highest BCUT2D eigenvalue weighted by atomic mass is 19.1. The van der Waals surface area contributed by atoms with Gasteiger partial charge in [-0.25, -0.2) is 4.39 Å². The van der Waals surface area contributed by atoms with Crippen LogP contribution in [0.4, 0.5) is 4.39 Å². The van der Waals surface area contributed by atoms with E-state index in [0.717, 1.165) is 36.6 Å². The molecule has 0 bridgehead atoms. The van der Waals surface area contributed by atoms with Crippen molar-refractivity contribution in [3.8, 4) is 0 Å². The van der Waals surface area contributed by atoms with Gasteiger partial charge in [0.1, 0.15) is 5.82 Å². The minimum absolute atomic E-state index is 0.0686. The summed E-state index contributed by atoms with van der Waals surface area (Å²) in [6.07, 6.45) is 6.41. The van der Waals surface area contributed by atoms with Crippen molar-refractivity contribution in [2.24, 2.45) is 23.7 Å². The Labute approximate surface area is 167 Å². The van der Waals surface area contributed by atoms with Crippen LogP contribution in [0, 0.1) is 29.5 Å². The van der Waals surface area contributed by atoms with Crippen LogP contribution in [-0.4, -0.2) is 16.4 Å². The van der Waals surface area contributed by atoms with Gasteiger partial charge in [-0.1, -0.05) is 6.92 Å². The third-order valence-electron chi connectivity index (χ3n) is 6.85. The Morgan fingerprint density at radius 2 is 1.82 bits per heavy atom. The number of halogens is 1. The van der Waals surface area contributed by atoms with Crippen LogP contribution in [-0.2, 0) is 4.79 Å². The number of rotatable bonds is 3. The van der Waals surface area contributed by atoms with Crippen LogP contribution in [0.25, 0.3) is 10.9 Å². The molecular formula is C24H31FN2O. The minimum atomic E-state index is -0.196. The van der Waals surface area contributed by atoms with Crippen molar-refractivity contribution < 1.29 is 9.18 Å². The van der Waals surface area contributed by atoms with Crippen LogP contribution in [0.3, 0.4) is 0 Å². The van der Waals surface area contributed by atoms with Gasteiger partial charge < -0.3 is 5.32 Å². The zero-order chi connectivity index (χ0) is 20.1. The summed E-state index contributed by atoms with van der Waals surface area (Å²) >= 11 is 0. The lowest BCUT2D eigenvalue weighted by Gasteiger charge is -2.26. The molecular weight excluding hydrogens is 351 g/mol. The van der Waals surface area contributed by atoms with Gasteiger partial charge in [0.2, 0.25) is 5.91 Å². The van der Waals surface area contributed by atoms with Gasteiger partial charge in [0.15, 0.2) is 0 Å². The van der Waals surface area contributed by atoms with E-state index in [9.17, 15) is 9.18 Å². The summed E-state index contributed by atoms with van der Waals surface area (Å²) in [5, 5.41) is 4.10. The molecule has 4 rings (SSSR count). The van der Waals surface area contributed by atoms with E-state index < -0.39 is 0 Å². The molecule has 2 aliphatic carbocycles. The number of benzene rings is 1. The standard InChI is InChI=1S/C24H31FN2O/c1-14(23(28)27-24(2,3)4)15-9-16-11-18(12-17(16)10-15)20-7-8-26-22-6-5-19(25)13-21(20)22/h5-8,13-18H,9-12H2,1-4H3,(H,27,28)/t14?,15?,16-,17+,18?. The molecule has 1 aromatic heterocycles. The molecule has 2 aliphatic rings. The van der Waals surface area contributed by atoms with Gasteiger partial charge in [-0.2, -0.15) is 0 Å². The van der Waals surface area contributed by atoms with Crippen molar-refractivity contribution in [2.45, 2.75) is 64.8 Å². The normalized spacial score (nSPS) is 28.3. The van der Waals surface area contributed by atoms with Crippen molar-refractivity contribution >= 4 is 16.8 Å². The van der Waals surface area contributed by atoms with Gasteiger partial charge in [0.25, 0.3) is 0 Å². The summed E-state index contributed by atoms with van der Waals surface area (Å²) in [6, 6.07) is 6.96. The highest BCUT2D eigenvalue weighted by Crippen LogP contribution is 2.54. The predicted octanol–water partition coefficient (Wildman–Crippen LogP) is 5.44. The first kappa shape index (κ1) is 19.4. The van der Waals surface area contributed by atoms with Crippen LogP contribution in [0.1, 0.15) is 64.9 Å². The Bertz CT molecular complexity index is 874. The lowest BCUT2D eigenvalue weighted by molar-refractivity contribution is -0.127. The maximum atomic E-state index is 13.8. The highest BCUT2D eigenvalue weighted by Gasteiger charge is 2.45. The number of pyridine rings is 1. The zero-order valence-electron chi connectivity index (χ0n) is 17.3. The predicted molar refractivity (Wildman–Crippen MR) is 110 cm³/mol. The molecule has 1 aromatic carbocycles. The van der Waals surface area contributed by atoms with Crippen molar-refractivity contribution in [1.29, 1.82) is 0 Å². The molecule has 28 heavy (non-hydrogen) atoms. The molecule has 5 atom stereocenters. The fourth-order valence-corrected chi connectivity index (χ4v) is 5.52. The average Bonchev–Trinajstić information content (AvgIpc) is 3.18. The number of hydrogen-bond acceptors (Lipinski definition) is 2. The third kappa shape index (κ3) is 3.78. The van der Waals surface area contributed by atoms with E-state index in [4.69, 9.17) is 0 Å². The Balaban J connectivity index is 1.45. The molecule has 3 nitrogen and oxygen atoms in total. The van der Waals surface area contributed by atoms with E-state index in [0.29, 0.717) is 23.7 Å². The largest absolute Gasteiger partial charge is 0.351 e. The summed E-state index contributed by atoms with van der Waals surface area (Å²) in [5.41, 5.74) is 1.94. The summed E-state index contributed by atoms with van der Waals surface area (Å²) in [4.78, 5) is 17.0. The minimum Gasteiger partial charge on any atom is -0.351 e. The van der Waals surface area contributed by atoms with Crippen LogP contribution in [0.2, 0.25) is 0 Å². The zero-order valence-corrected chi connectivity index (χ0v) is 17.3. The van der Waals surface area contributed by atoms with E-state index in [-0.39, 0.29) is 23.2 Å². The molecule has 2 aromatic rings. The van der Waals surface area contributed by atoms with Crippen molar-refractivity contribution in [2.75, 3.05) is 0 Å². The molecule has 0 spiro atoms. The fraction of sp³-hybridized carbons (Fsp3) is 0.583. The first-order valence-corrected chi connectivity index (χ1v) is 10.6. The fourth-order valence-electron chi connectivity index (χ4n) is 5.52. The van der Waals surface area contributed by atoms with E-state index in [1.807, 2.05) is 27.0 Å². The van der Waals surface area contributed by atoms with Crippen LogP contribution < -0.4 is 5.32 Å². The molecule has 0 radical (unpaired) electrons. The average molecular weight is 383 g/mol. The Morgan fingerprint density at radius 3 is 2.46 bits per heavy atom. The van der Waals surface area contributed by atoms with Gasteiger partial charge in [-0.05, 0) is 100.0 Å². The summed E-state index contributed by atoms with van der Waals surface area (Å²) in [6.45, 7) is 8.19. The maximum Gasteiger partial charge on any atom is 0.223 e. The summed E-state index contributed by atoms with van der Waals surface area (Å²) in [7, 11) is 0. The number of amides is 1. The Hall–Kier alpha value is -1.97. The molecule has 1 N–H and O–H groups in total. The third-order valence-corrected chi connectivity index (χ3v) is 6.85. The van der Waals surface area contributed by atoms with E-state index in [1.165, 1.54) is 11.6 Å². The van der Waals surface area contributed by atoms with Gasteiger partial charge in [0, 0.05) is 23.0 Å². The number of hydrogen-bond donors (Lipinski definition) is 1. The molecule has 0 aliphatic heterocycles. The summed E-state index contributed by atoms with van der Waals surface area (Å²) < 4.78 is 13.8. The molecule has 1 amide bonds. The van der Waals surface area contributed by atoms with Gasteiger partial charge >= 0.3 is 0 Å². The molecule has 150 valence electrons. The first-order chi connectivity index (χ1) is 13.2. The topological polar surface area (TPSA) is 42.0 Å². The number of carbonyl (C=O) groups excluding carboxylic acids is 1. The van der Waals surface area contributed by atoms with Gasteiger partial charge in [-0.3, -0.25) is 9.78 Å². The van der Waals surface area contributed by atoms with Gasteiger partial charge in [0.05, 0.1) is 5.52 Å². The second-order valence-electron chi connectivity index (χ2n) is 10.0. The number of carbonyl (C=O) groups is 1. The van der Waals surface area contributed by atoms with E-state index in [2.05, 4.69) is 23.3 Å². The second kappa shape index (κ2) is 7.13. The lowest BCUT2D eigenvalue weighted by Crippen LogP contribution is -2.44. The van der Waals surface area contributed by atoms with Crippen LogP contribution in [0.5, 0.6) is 0 Å². The SMILES string of the molecule is CC(C(=O)NC(C)(C)C)C1C[C@H]2CC(c3ccnc4ccc(F)cc34)C[C@H]2C1. The lowest BCUT2D eigenvalue weighted by atomic mass is 9.85. The smallest absolute Gasteiger partial charge is 0.223 e. The quantitative estimate of drug-likeness (QED) is 0.767. The van der Waals surface area contributed by atoms with Crippen molar-refractivity contribution in [1.82, 2.24) is 10.3 Å². The van der Waals surface area contributed by atoms with E-state index >= 15 is 0 Å². The molecule has 4 heteroatoms. The molecule has 3 unspecified atom stereocenters. The number of fused-ring (bicyclic) bond motifs is 2.